The third-order valence-corrected chi connectivity index (χ3v) is 2.80. The molecule has 1 atom stereocenters. The maximum Gasteiger partial charge on any atom is 0.320 e. The number of hydrogen-bond donors (Lipinski definition) is 2. The van der Waals surface area contributed by atoms with Crippen LogP contribution in [0.1, 0.15) is 32.0 Å². The molecule has 1 aromatic heterocycles. The van der Waals surface area contributed by atoms with E-state index in [-0.39, 0.29) is 0 Å². The number of aromatic nitrogens is 2. The van der Waals surface area contributed by atoms with Gasteiger partial charge in [0.2, 0.25) is 0 Å². The van der Waals surface area contributed by atoms with E-state index in [1.54, 1.807) is 6.20 Å². The largest absolute Gasteiger partial charge is 0.480 e. The Kier molecular flexibility index (Phi) is 5.69. The van der Waals surface area contributed by atoms with E-state index in [9.17, 15) is 4.79 Å². The van der Waals surface area contributed by atoms with Crippen molar-refractivity contribution in [1.82, 2.24) is 14.9 Å². The van der Waals surface area contributed by atoms with Gasteiger partial charge in [-0.15, -0.1) is 0 Å². The number of imidazole rings is 1. The first-order chi connectivity index (χ1) is 8.15. The van der Waals surface area contributed by atoms with Gasteiger partial charge in [-0.3, -0.25) is 4.79 Å². The highest BCUT2D eigenvalue weighted by molar-refractivity contribution is 5.73. The molecule has 0 radical (unpaired) electrons. The van der Waals surface area contributed by atoms with Crippen LogP contribution in [0.25, 0.3) is 0 Å². The number of rotatable bonds is 8. The second-order valence-corrected chi connectivity index (χ2v) is 4.19. The normalized spacial score (nSPS) is 12.6. The number of nitrogens with zero attached hydrogens (tertiary/aromatic N) is 2. The zero-order chi connectivity index (χ0) is 12.7. The highest BCUT2D eigenvalue weighted by Gasteiger charge is 2.15. The number of carbonyl (C=O) groups is 1. The van der Waals surface area contributed by atoms with Crippen molar-refractivity contribution in [2.24, 2.45) is 7.05 Å². The van der Waals surface area contributed by atoms with E-state index in [1.807, 2.05) is 17.8 Å². The molecule has 0 bridgehead atoms. The van der Waals surface area contributed by atoms with Crippen molar-refractivity contribution in [3.05, 3.63) is 18.2 Å². The highest BCUT2D eigenvalue weighted by Crippen LogP contribution is 2.01. The minimum atomic E-state index is -0.765. The van der Waals surface area contributed by atoms with Gasteiger partial charge in [-0.2, -0.15) is 0 Å². The Hall–Kier alpha value is -1.36. The lowest BCUT2D eigenvalue weighted by Crippen LogP contribution is -2.38. The monoisotopic (exact) mass is 239 g/mol. The first-order valence-electron chi connectivity index (χ1n) is 6.07. The van der Waals surface area contributed by atoms with Crippen LogP contribution in [0.4, 0.5) is 0 Å². The predicted octanol–water partition coefficient (Wildman–Crippen LogP) is 1.20. The summed E-state index contributed by atoms with van der Waals surface area (Å²) in [6, 6.07) is -0.435. The number of hydrogen-bond acceptors (Lipinski definition) is 3. The van der Waals surface area contributed by atoms with Gasteiger partial charge >= 0.3 is 5.97 Å². The average molecular weight is 239 g/mol. The molecule has 0 saturated carbocycles. The number of unbranched alkanes of at least 4 members (excludes halogenated alkanes) is 1. The van der Waals surface area contributed by atoms with Crippen molar-refractivity contribution in [1.29, 1.82) is 0 Å². The molecule has 1 aromatic rings. The zero-order valence-corrected chi connectivity index (χ0v) is 10.5. The van der Waals surface area contributed by atoms with Crippen LogP contribution < -0.4 is 5.32 Å². The van der Waals surface area contributed by atoms with Crippen molar-refractivity contribution < 1.29 is 9.90 Å². The number of nitrogens with one attached hydrogen (secondary N) is 1. The van der Waals surface area contributed by atoms with Crippen LogP contribution in [0.3, 0.4) is 0 Å². The van der Waals surface area contributed by atoms with Crippen LogP contribution in [-0.4, -0.2) is 33.2 Å². The predicted molar refractivity (Wildman–Crippen MR) is 65.9 cm³/mol. The average Bonchev–Trinajstić information content (AvgIpc) is 2.69. The maximum absolute atomic E-state index is 11.0. The van der Waals surface area contributed by atoms with Crippen LogP contribution >= 0.6 is 0 Å². The van der Waals surface area contributed by atoms with Crippen molar-refractivity contribution in [3.63, 3.8) is 0 Å². The standard InChI is InChI=1S/C12H21N3O2/c1-3-4-5-10(12(16)17)13-7-6-11-14-8-9-15(11)2/h8-10,13H,3-7H2,1-2H3,(H,16,17). The van der Waals surface area contributed by atoms with Gasteiger partial charge in [0.25, 0.3) is 0 Å². The lowest BCUT2D eigenvalue weighted by Gasteiger charge is -2.13. The van der Waals surface area contributed by atoms with Gasteiger partial charge in [0.1, 0.15) is 11.9 Å². The molecule has 0 saturated heterocycles. The third kappa shape index (κ3) is 4.56. The summed E-state index contributed by atoms with van der Waals surface area (Å²) >= 11 is 0. The smallest absolute Gasteiger partial charge is 0.320 e. The van der Waals surface area contributed by atoms with Gasteiger partial charge in [-0.05, 0) is 6.42 Å². The topological polar surface area (TPSA) is 67.2 Å². The van der Waals surface area contributed by atoms with E-state index < -0.39 is 12.0 Å². The molecular formula is C12H21N3O2. The summed E-state index contributed by atoms with van der Waals surface area (Å²) in [5.41, 5.74) is 0. The lowest BCUT2D eigenvalue weighted by atomic mass is 10.1. The van der Waals surface area contributed by atoms with E-state index >= 15 is 0 Å². The molecule has 0 aliphatic carbocycles. The van der Waals surface area contributed by atoms with E-state index in [0.29, 0.717) is 13.0 Å². The Balaban J connectivity index is 2.32. The van der Waals surface area contributed by atoms with Gasteiger partial charge in [-0.25, -0.2) is 4.98 Å². The van der Waals surface area contributed by atoms with Crippen LogP contribution in [0, 0.1) is 0 Å². The third-order valence-electron chi connectivity index (χ3n) is 2.80. The Labute approximate surface area is 102 Å². The Morgan fingerprint density at radius 3 is 2.94 bits per heavy atom. The summed E-state index contributed by atoms with van der Waals surface area (Å²) in [4.78, 5) is 15.2. The molecule has 1 heterocycles. The van der Waals surface area contributed by atoms with Gasteiger partial charge in [-0.1, -0.05) is 19.8 Å². The molecule has 0 fully saturated rings. The van der Waals surface area contributed by atoms with Gasteiger partial charge in [0.05, 0.1) is 0 Å². The van der Waals surface area contributed by atoms with Gasteiger partial charge in [0, 0.05) is 32.4 Å². The molecule has 0 aliphatic rings. The van der Waals surface area contributed by atoms with Crippen LogP contribution in [-0.2, 0) is 18.3 Å². The molecule has 96 valence electrons. The molecule has 0 aliphatic heterocycles. The minimum Gasteiger partial charge on any atom is -0.480 e. The van der Waals surface area contributed by atoms with Gasteiger partial charge in [0.15, 0.2) is 0 Å². The second kappa shape index (κ2) is 7.06. The SMILES string of the molecule is CCCCC(NCCc1nccn1C)C(=O)O. The molecule has 0 spiro atoms. The molecule has 5 nitrogen and oxygen atoms in total. The van der Waals surface area contributed by atoms with Crippen molar-refractivity contribution >= 4 is 5.97 Å². The Morgan fingerprint density at radius 2 is 2.41 bits per heavy atom. The molecule has 2 N–H and O–H groups in total. The summed E-state index contributed by atoms with van der Waals surface area (Å²) < 4.78 is 1.95. The minimum absolute atomic E-state index is 0.435. The molecule has 0 aromatic carbocycles. The molecule has 5 heteroatoms. The molecule has 1 rings (SSSR count). The molecule has 17 heavy (non-hydrogen) atoms. The number of carboxylic acids is 1. The first-order valence-corrected chi connectivity index (χ1v) is 6.07. The highest BCUT2D eigenvalue weighted by atomic mass is 16.4. The lowest BCUT2D eigenvalue weighted by molar-refractivity contribution is -0.139. The zero-order valence-electron chi connectivity index (χ0n) is 10.5. The van der Waals surface area contributed by atoms with E-state index in [2.05, 4.69) is 17.2 Å². The number of carboxylic acid groups (broad SMARTS) is 1. The maximum atomic E-state index is 11.0. The summed E-state index contributed by atoms with van der Waals surface area (Å²) in [5.74, 6) is 0.204. The Bertz CT molecular complexity index is 349. The van der Waals surface area contributed by atoms with Crippen molar-refractivity contribution in [3.8, 4) is 0 Å². The van der Waals surface area contributed by atoms with Crippen LogP contribution in [0.5, 0.6) is 0 Å². The van der Waals surface area contributed by atoms with E-state index in [4.69, 9.17) is 5.11 Å². The summed E-state index contributed by atoms with van der Waals surface area (Å²) in [7, 11) is 1.94. The van der Waals surface area contributed by atoms with Crippen LogP contribution in [0.15, 0.2) is 12.4 Å². The fourth-order valence-electron chi connectivity index (χ4n) is 1.72. The summed E-state index contributed by atoms with van der Waals surface area (Å²) in [6.45, 7) is 2.71. The summed E-state index contributed by atoms with van der Waals surface area (Å²) in [6.07, 6.45) is 7.03. The van der Waals surface area contributed by atoms with E-state index in [1.165, 1.54) is 0 Å². The summed E-state index contributed by atoms with van der Waals surface area (Å²) in [5, 5.41) is 12.1. The van der Waals surface area contributed by atoms with E-state index in [0.717, 1.165) is 25.1 Å². The first kappa shape index (κ1) is 13.7. The van der Waals surface area contributed by atoms with Gasteiger partial charge < -0.3 is 15.0 Å². The Morgan fingerprint density at radius 1 is 1.65 bits per heavy atom. The second-order valence-electron chi connectivity index (χ2n) is 4.19. The molecular weight excluding hydrogens is 218 g/mol. The van der Waals surface area contributed by atoms with Crippen molar-refractivity contribution in [2.45, 2.75) is 38.6 Å². The number of aryl methyl sites for hydroxylation is 1. The molecule has 0 amide bonds. The quantitative estimate of drug-likeness (QED) is 0.715. The number of aliphatic carboxylic acids is 1. The van der Waals surface area contributed by atoms with Crippen molar-refractivity contribution in [2.75, 3.05) is 6.54 Å². The van der Waals surface area contributed by atoms with Crippen LogP contribution in [0.2, 0.25) is 0 Å². The molecule has 1 unspecified atom stereocenters. The fraction of sp³-hybridized carbons (Fsp3) is 0.667. The fourth-order valence-corrected chi connectivity index (χ4v) is 1.72.